The van der Waals surface area contributed by atoms with Gasteiger partial charge in [-0.05, 0) is 25.7 Å². The molecule has 0 aliphatic heterocycles. The number of nitrogens with one attached hydrogen (secondary N) is 2. The fourth-order valence-electron chi connectivity index (χ4n) is 3.01. The van der Waals surface area contributed by atoms with Gasteiger partial charge in [-0.1, -0.05) is 19.8 Å². The summed E-state index contributed by atoms with van der Waals surface area (Å²) >= 11 is 0. The summed E-state index contributed by atoms with van der Waals surface area (Å²) in [6, 6.07) is 1.75. The summed E-state index contributed by atoms with van der Waals surface area (Å²) in [6.07, 6.45) is 6.25. The Bertz CT molecular complexity index is 731. The summed E-state index contributed by atoms with van der Waals surface area (Å²) in [7, 11) is 0. The molecular formula is C15H20N4O2. The van der Waals surface area contributed by atoms with Crippen LogP contribution in [-0.2, 0) is 0 Å². The number of hydrogen-bond donors (Lipinski definition) is 2. The van der Waals surface area contributed by atoms with Gasteiger partial charge in [0.25, 0.3) is 11.5 Å². The van der Waals surface area contributed by atoms with Crippen molar-refractivity contribution in [2.24, 2.45) is 5.92 Å². The molecule has 2 N–H and O–H groups in total. The lowest BCUT2D eigenvalue weighted by Crippen LogP contribution is -2.41. The second kappa shape index (κ2) is 5.35. The van der Waals surface area contributed by atoms with E-state index in [1.807, 2.05) is 0 Å². The van der Waals surface area contributed by atoms with E-state index in [-0.39, 0.29) is 17.5 Å². The number of rotatable bonds is 2. The topological polar surface area (TPSA) is 79.3 Å². The monoisotopic (exact) mass is 288 g/mol. The third-order valence-corrected chi connectivity index (χ3v) is 4.26. The average Bonchev–Trinajstić information content (AvgIpc) is 2.85. The number of amides is 1. The van der Waals surface area contributed by atoms with Crippen LogP contribution in [0.3, 0.4) is 0 Å². The zero-order valence-corrected chi connectivity index (χ0v) is 12.3. The molecule has 0 bridgehead atoms. The van der Waals surface area contributed by atoms with Crippen LogP contribution in [-0.4, -0.2) is 26.5 Å². The molecule has 0 spiro atoms. The number of hydrogen-bond acceptors (Lipinski definition) is 3. The first-order valence-electron chi connectivity index (χ1n) is 7.45. The maximum Gasteiger partial charge on any atom is 0.274 e. The van der Waals surface area contributed by atoms with Crippen LogP contribution in [0.15, 0.2) is 17.1 Å². The molecule has 0 radical (unpaired) electrons. The fraction of sp³-hybridized carbons (Fsp3) is 0.533. The summed E-state index contributed by atoms with van der Waals surface area (Å²) in [6.45, 7) is 3.95. The van der Waals surface area contributed by atoms with E-state index in [4.69, 9.17) is 0 Å². The Kier molecular flexibility index (Phi) is 3.53. The summed E-state index contributed by atoms with van der Waals surface area (Å²) < 4.78 is 1.47. The lowest BCUT2D eigenvalue weighted by atomic mass is 9.86. The predicted octanol–water partition coefficient (Wildman–Crippen LogP) is 1.64. The van der Waals surface area contributed by atoms with Gasteiger partial charge in [-0.15, -0.1) is 0 Å². The Labute approximate surface area is 122 Å². The lowest BCUT2D eigenvalue weighted by molar-refractivity contribution is 0.0905. The van der Waals surface area contributed by atoms with Crippen molar-refractivity contribution in [3.05, 3.63) is 34.0 Å². The van der Waals surface area contributed by atoms with Crippen LogP contribution in [0.5, 0.6) is 0 Å². The first-order chi connectivity index (χ1) is 10.0. The van der Waals surface area contributed by atoms with Crippen molar-refractivity contribution in [2.75, 3.05) is 0 Å². The number of aromatic amines is 1. The van der Waals surface area contributed by atoms with E-state index in [9.17, 15) is 9.59 Å². The minimum absolute atomic E-state index is 0.200. The highest BCUT2D eigenvalue weighted by molar-refractivity contribution is 5.93. The molecule has 112 valence electrons. The quantitative estimate of drug-likeness (QED) is 0.881. The molecule has 1 amide bonds. The number of H-pyrrole nitrogens is 1. The van der Waals surface area contributed by atoms with E-state index in [1.54, 1.807) is 19.2 Å². The number of carbonyl (C=O) groups is 1. The Hall–Kier alpha value is -2.11. The minimum atomic E-state index is -0.229. The van der Waals surface area contributed by atoms with Crippen LogP contribution in [0.25, 0.3) is 5.52 Å². The summed E-state index contributed by atoms with van der Waals surface area (Å²) in [5.41, 5.74) is 1.17. The molecule has 21 heavy (non-hydrogen) atoms. The second-order valence-corrected chi connectivity index (χ2v) is 5.97. The number of nitrogens with zero attached hydrogens (tertiary/aromatic N) is 2. The Balaban J connectivity index is 1.84. The largest absolute Gasteiger partial charge is 0.348 e. The van der Waals surface area contributed by atoms with E-state index in [1.165, 1.54) is 10.9 Å². The van der Waals surface area contributed by atoms with Crippen molar-refractivity contribution >= 4 is 11.4 Å². The average molecular weight is 288 g/mol. The third kappa shape index (κ3) is 2.70. The van der Waals surface area contributed by atoms with Crippen molar-refractivity contribution in [2.45, 2.75) is 45.6 Å². The number of fused-ring (bicyclic) bond motifs is 1. The van der Waals surface area contributed by atoms with Gasteiger partial charge >= 0.3 is 0 Å². The van der Waals surface area contributed by atoms with Gasteiger partial charge in [-0.2, -0.15) is 5.10 Å². The molecule has 1 saturated carbocycles. The smallest absolute Gasteiger partial charge is 0.274 e. The molecule has 0 unspecified atom stereocenters. The van der Waals surface area contributed by atoms with Crippen LogP contribution in [0.2, 0.25) is 0 Å². The van der Waals surface area contributed by atoms with Crippen LogP contribution in [0.1, 0.15) is 48.8 Å². The van der Waals surface area contributed by atoms with Gasteiger partial charge < -0.3 is 10.3 Å². The first-order valence-corrected chi connectivity index (χ1v) is 7.45. The Morgan fingerprint density at radius 3 is 2.95 bits per heavy atom. The van der Waals surface area contributed by atoms with E-state index >= 15 is 0 Å². The normalized spacial score (nSPS) is 22.4. The van der Waals surface area contributed by atoms with Gasteiger partial charge in [0, 0.05) is 24.0 Å². The molecule has 6 nitrogen and oxygen atoms in total. The Morgan fingerprint density at radius 2 is 2.19 bits per heavy atom. The van der Waals surface area contributed by atoms with Crippen molar-refractivity contribution in [1.82, 2.24) is 19.9 Å². The zero-order valence-electron chi connectivity index (χ0n) is 12.3. The summed E-state index contributed by atoms with van der Waals surface area (Å²) in [4.78, 5) is 26.9. The summed E-state index contributed by atoms with van der Waals surface area (Å²) in [5.74, 6) is 0.292. The van der Waals surface area contributed by atoms with E-state index < -0.39 is 0 Å². The van der Waals surface area contributed by atoms with E-state index in [0.29, 0.717) is 22.8 Å². The highest BCUT2D eigenvalue weighted by atomic mass is 16.2. The molecule has 0 saturated heterocycles. The minimum Gasteiger partial charge on any atom is -0.348 e. The van der Waals surface area contributed by atoms with Crippen molar-refractivity contribution in [3.8, 4) is 0 Å². The van der Waals surface area contributed by atoms with Crippen molar-refractivity contribution in [1.29, 1.82) is 0 Å². The van der Waals surface area contributed by atoms with Gasteiger partial charge in [0.15, 0.2) is 5.69 Å². The molecule has 1 aliphatic rings. The molecule has 3 rings (SSSR count). The van der Waals surface area contributed by atoms with Crippen LogP contribution in [0.4, 0.5) is 0 Å². The van der Waals surface area contributed by atoms with Crippen LogP contribution in [0, 0.1) is 12.8 Å². The van der Waals surface area contributed by atoms with Crippen LogP contribution >= 0.6 is 0 Å². The highest BCUT2D eigenvalue weighted by Crippen LogP contribution is 2.23. The van der Waals surface area contributed by atoms with E-state index in [0.717, 1.165) is 19.3 Å². The number of aromatic nitrogens is 3. The van der Waals surface area contributed by atoms with Gasteiger partial charge in [0.05, 0.1) is 0 Å². The summed E-state index contributed by atoms with van der Waals surface area (Å²) in [5, 5.41) is 7.26. The predicted molar refractivity (Wildman–Crippen MR) is 79.4 cm³/mol. The zero-order chi connectivity index (χ0) is 15.0. The molecule has 1 aliphatic carbocycles. The maximum absolute atomic E-state index is 12.3. The molecule has 1 fully saturated rings. The maximum atomic E-state index is 12.3. The van der Waals surface area contributed by atoms with Crippen molar-refractivity contribution < 1.29 is 4.79 Å². The molecule has 2 atom stereocenters. The van der Waals surface area contributed by atoms with Crippen molar-refractivity contribution in [3.63, 3.8) is 0 Å². The third-order valence-electron chi connectivity index (χ3n) is 4.26. The van der Waals surface area contributed by atoms with Gasteiger partial charge in [0.2, 0.25) is 0 Å². The van der Waals surface area contributed by atoms with Gasteiger partial charge in [0.1, 0.15) is 5.52 Å². The lowest BCUT2D eigenvalue weighted by Gasteiger charge is -2.29. The standard InChI is InChI=1S/C15H20N4O2/c1-9-5-3-4-6-11(9)17-14(20)12-7-13-15(21)16-10(2)8-19(13)18-12/h7-9,11H,3-6H2,1-2H3,(H,16,21)(H,17,20)/t9-,11+/m0/s1. The fourth-order valence-corrected chi connectivity index (χ4v) is 3.01. The highest BCUT2D eigenvalue weighted by Gasteiger charge is 2.24. The molecule has 2 heterocycles. The molecule has 2 aromatic rings. The second-order valence-electron chi connectivity index (χ2n) is 5.97. The molecule has 0 aromatic carbocycles. The molecule has 2 aromatic heterocycles. The van der Waals surface area contributed by atoms with Gasteiger partial charge in [-0.3, -0.25) is 9.59 Å². The van der Waals surface area contributed by atoms with Crippen LogP contribution < -0.4 is 10.9 Å². The number of aryl methyl sites for hydroxylation is 1. The molecule has 6 heteroatoms. The number of carbonyl (C=O) groups excluding carboxylic acids is 1. The Morgan fingerprint density at radius 1 is 1.43 bits per heavy atom. The van der Waals surface area contributed by atoms with Gasteiger partial charge in [-0.25, -0.2) is 4.52 Å². The molecular weight excluding hydrogens is 268 g/mol. The first kappa shape index (κ1) is 13.9. The SMILES string of the molecule is Cc1cn2nc(C(=O)N[C@@H]3CCCC[C@@H]3C)cc2c(=O)[nH]1. The van der Waals surface area contributed by atoms with E-state index in [2.05, 4.69) is 22.3 Å².